The van der Waals surface area contributed by atoms with E-state index in [4.69, 9.17) is 19.2 Å². The first-order valence-electron chi connectivity index (χ1n) is 2.81. The normalized spacial score (nSPS) is 9.00. The number of hydrogen-bond acceptors (Lipinski definition) is 4. The Labute approximate surface area is 93.9 Å². The molecule has 6 heteroatoms. The van der Waals surface area contributed by atoms with Gasteiger partial charge in [-0.25, -0.2) is 0 Å². The van der Waals surface area contributed by atoms with Crippen LogP contribution < -0.4 is 29.6 Å². The van der Waals surface area contributed by atoms with Gasteiger partial charge in [-0.2, -0.15) is 36.4 Å². The summed E-state index contributed by atoms with van der Waals surface area (Å²) in [6, 6.07) is 12.5. The molecule has 0 aliphatic heterocycles. The first kappa shape index (κ1) is 14.8. The molecule has 0 bridgehead atoms. The molecule has 0 saturated carbocycles. The third kappa shape index (κ3) is 22.4. The zero-order valence-electron chi connectivity index (χ0n) is 6.68. The van der Waals surface area contributed by atoms with Crippen LogP contribution in [0.3, 0.4) is 0 Å². The molecule has 0 spiro atoms. The molecule has 0 aliphatic carbocycles. The van der Waals surface area contributed by atoms with E-state index in [1.165, 1.54) is 0 Å². The molecule has 1 rings (SSSR count). The van der Waals surface area contributed by atoms with E-state index >= 15 is 0 Å². The van der Waals surface area contributed by atoms with E-state index in [0.717, 1.165) is 0 Å². The summed E-state index contributed by atoms with van der Waals surface area (Å²) in [6.07, 6.45) is 0. The summed E-state index contributed by atoms with van der Waals surface area (Å²) in [7, 11) is -4.61. The van der Waals surface area contributed by atoms with Crippen LogP contribution in [0.15, 0.2) is 30.3 Å². The Morgan fingerprint density at radius 1 is 0.833 bits per heavy atom. The fraction of sp³-hybridized carbons (Fsp3) is 0. The van der Waals surface area contributed by atoms with Gasteiger partial charge in [0.25, 0.3) is 0 Å². The second-order valence-electron chi connectivity index (χ2n) is 1.68. The van der Waals surface area contributed by atoms with Crippen LogP contribution in [0.1, 0.15) is 0 Å². The molecule has 0 aromatic heterocycles. The Balaban J connectivity index is 0. The van der Waals surface area contributed by atoms with Crippen molar-refractivity contribution >= 4 is 9.05 Å². The molecular weight excluding hydrogens is 187 g/mol. The molecule has 0 atom stereocenters. The largest absolute Gasteiger partial charge is 1.00 e. The van der Waals surface area contributed by atoms with E-state index in [0.29, 0.717) is 0 Å². The summed E-state index contributed by atoms with van der Waals surface area (Å²) in [6.45, 7) is 0. The van der Waals surface area contributed by atoms with Gasteiger partial charge in [-0.3, -0.25) is 0 Å². The molecule has 0 saturated heterocycles. The first-order chi connectivity index (χ1) is 5.00. The van der Waals surface area contributed by atoms with E-state index in [-0.39, 0.29) is 29.6 Å². The second-order valence-corrected chi connectivity index (χ2v) is 2.88. The summed E-state index contributed by atoms with van der Waals surface area (Å²) in [4.78, 5) is 29.3. The molecule has 12 heavy (non-hydrogen) atoms. The van der Waals surface area contributed by atoms with Gasteiger partial charge in [-0.15, -0.1) is 0 Å². The van der Waals surface area contributed by atoms with Crippen molar-refractivity contribution in [2.45, 2.75) is 0 Å². The number of benzene rings is 1. The minimum atomic E-state index is -4.61. The smallest absolute Gasteiger partial charge is 0.368 e. The van der Waals surface area contributed by atoms with E-state index in [1.807, 2.05) is 30.3 Å². The average Bonchev–Trinajstić information content (AvgIpc) is 1.88. The van der Waals surface area contributed by atoms with E-state index < -0.39 is 9.05 Å². The van der Waals surface area contributed by atoms with Crippen LogP contribution in [0.2, 0.25) is 0 Å². The minimum Gasteiger partial charge on any atom is -0.368 e. The minimum absolute atomic E-state index is 0. The Kier molecular flexibility index (Phi) is 9.73. The molecule has 0 unspecified atom stereocenters. The zero-order valence-corrected chi connectivity index (χ0v) is 9.68. The molecule has 0 heterocycles. The standard InChI is InChI=1S/C6H5.Na.H4O4Si/c1-2-4-6-5-3-1;;1-5(2,3)4/h1-5H;;1-4H/q-1;+1;. The molecule has 0 aliphatic rings. The summed E-state index contributed by atoms with van der Waals surface area (Å²) in [5.74, 6) is 0. The van der Waals surface area contributed by atoms with E-state index in [2.05, 4.69) is 6.07 Å². The fourth-order valence-electron chi connectivity index (χ4n) is 0.342. The number of hydrogen-bond donors (Lipinski definition) is 4. The SMILES string of the molecule is O[Si](O)(O)O.[Na+].[c-]1ccccc1. The average molecular weight is 196 g/mol. The van der Waals surface area contributed by atoms with Crippen LogP contribution in [0.25, 0.3) is 0 Å². The van der Waals surface area contributed by atoms with Crippen LogP contribution in [0.4, 0.5) is 0 Å². The molecule has 62 valence electrons. The van der Waals surface area contributed by atoms with Crippen molar-refractivity contribution in [1.82, 2.24) is 0 Å². The molecule has 0 fully saturated rings. The van der Waals surface area contributed by atoms with Gasteiger partial charge >= 0.3 is 38.6 Å². The quantitative estimate of drug-likeness (QED) is 0.251. The first-order valence-corrected chi connectivity index (χ1v) is 4.59. The third-order valence-electron chi connectivity index (χ3n) is 0.607. The zero-order chi connectivity index (χ0) is 8.74. The van der Waals surface area contributed by atoms with Gasteiger partial charge in [-0.1, -0.05) is 0 Å². The maximum absolute atomic E-state index is 7.33. The van der Waals surface area contributed by atoms with Crippen LogP contribution in [-0.2, 0) is 0 Å². The molecule has 0 amide bonds. The monoisotopic (exact) mass is 196 g/mol. The van der Waals surface area contributed by atoms with Crippen molar-refractivity contribution in [3.8, 4) is 0 Å². The van der Waals surface area contributed by atoms with Crippen LogP contribution in [0, 0.1) is 6.07 Å². The van der Waals surface area contributed by atoms with Crippen LogP contribution in [0.5, 0.6) is 0 Å². The topological polar surface area (TPSA) is 80.9 Å². The predicted molar refractivity (Wildman–Crippen MR) is 39.9 cm³/mol. The molecule has 1 aromatic rings. The maximum atomic E-state index is 7.33. The van der Waals surface area contributed by atoms with Gasteiger partial charge in [-0.05, 0) is 0 Å². The van der Waals surface area contributed by atoms with Crippen molar-refractivity contribution in [3.63, 3.8) is 0 Å². The molecular formula is C6H9NaO4Si. The van der Waals surface area contributed by atoms with E-state index in [9.17, 15) is 0 Å². The van der Waals surface area contributed by atoms with Gasteiger partial charge < -0.3 is 19.2 Å². The van der Waals surface area contributed by atoms with Crippen molar-refractivity contribution in [2.24, 2.45) is 0 Å². The summed E-state index contributed by atoms with van der Waals surface area (Å²) < 4.78 is 0. The van der Waals surface area contributed by atoms with Crippen molar-refractivity contribution in [2.75, 3.05) is 0 Å². The molecule has 1 aromatic carbocycles. The van der Waals surface area contributed by atoms with Crippen molar-refractivity contribution in [3.05, 3.63) is 36.4 Å². The molecule has 0 radical (unpaired) electrons. The Morgan fingerprint density at radius 2 is 1.17 bits per heavy atom. The Hall–Kier alpha value is 0.277. The maximum Gasteiger partial charge on any atom is 1.00 e. The molecule has 4 nitrogen and oxygen atoms in total. The van der Waals surface area contributed by atoms with Gasteiger partial charge in [0, 0.05) is 0 Å². The van der Waals surface area contributed by atoms with Gasteiger partial charge in [0.15, 0.2) is 0 Å². The predicted octanol–water partition coefficient (Wildman–Crippen LogP) is -4.12. The molecule has 4 N–H and O–H groups in total. The van der Waals surface area contributed by atoms with Gasteiger partial charge in [0.05, 0.1) is 0 Å². The van der Waals surface area contributed by atoms with Crippen LogP contribution in [-0.4, -0.2) is 28.2 Å². The fourth-order valence-corrected chi connectivity index (χ4v) is 0.342. The Bertz CT molecular complexity index is 144. The van der Waals surface area contributed by atoms with Crippen LogP contribution >= 0.6 is 0 Å². The van der Waals surface area contributed by atoms with Gasteiger partial charge in [0.2, 0.25) is 0 Å². The van der Waals surface area contributed by atoms with Gasteiger partial charge in [0.1, 0.15) is 0 Å². The summed E-state index contributed by atoms with van der Waals surface area (Å²) >= 11 is 0. The van der Waals surface area contributed by atoms with Crippen molar-refractivity contribution < 1.29 is 48.7 Å². The summed E-state index contributed by atoms with van der Waals surface area (Å²) in [5, 5.41) is 0. The summed E-state index contributed by atoms with van der Waals surface area (Å²) in [5.41, 5.74) is 0. The van der Waals surface area contributed by atoms with E-state index in [1.54, 1.807) is 0 Å². The number of rotatable bonds is 0. The third-order valence-corrected chi connectivity index (χ3v) is 0.607. The second kappa shape index (κ2) is 7.90. The Morgan fingerprint density at radius 3 is 1.25 bits per heavy atom. The van der Waals surface area contributed by atoms with Crippen molar-refractivity contribution in [1.29, 1.82) is 0 Å².